The first-order valence-electron chi connectivity index (χ1n) is 4.81. The van der Waals surface area contributed by atoms with E-state index in [9.17, 15) is 18.4 Å². The van der Waals surface area contributed by atoms with Gasteiger partial charge >= 0.3 is 12.0 Å². The van der Waals surface area contributed by atoms with E-state index in [0.29, 0.717) is 0 Å². The molecule has 0 unspecified atom stereocenters. The molecule has 8 heteroatoms. The number of urea groups is 1. The van der Waals surface area contributed by atoms with Crippen LogP contribution in [0.1, 0.15) is 0 Å². The van der Waals surface area contributed by atoms with Crippen LogP contribution in [0.2, 0.25) is 0 Å². The minimum Gasteiger partial charge on any atom is -0.479 e. The molecule has 2 amide bonds. The van der Waals surface area contributed by atoms with Crippen LogP contribution in [0, 0.1) is 11.6 Å². The highest BCUT2D eigenvalue weighted by atomic mass is 19.2. The third kappa shape index (κ3) is 3.67. The summed E-state index contributed by atoms with van der Waals surface area (Å²) in [4.78, 5) is 21.4. The molecule has 98 valence electrons. The highest BCUT2D eigenvalue weighted by Gasteiger charge is 2.15. The standard InChI is InChI=1S/C10H10F2N2O4/c11-5-2-1-3-6(8(5)12)14-10(18)13-4-7(15)9(16)17/h1-3,7,15H,4H2,(H,16,17)(H2,13,14,18)/t7-/m0/s1. The first-order valence-corrected chi connectivity index (χ1v) is 4.81. The van der Waals surface area contributed by atoms with Crippen molar-refractivity contribution in [1.82, 2.24) is 5.32 Å². The SMILES string of the molecule is O=C(NC[C@H](O)C(=O)O)Nc1cccc(F)c1F. The maximum Gasteiger partial charge on any atom is 0.334 e. The number of aliphatic carboxylic acids is 1. The fourth-order valence-electron chi connectivity index (χ4n) is 1.04. The summed E-state index contributed by atoms with van der Waals surface area (Å²) in [6.07, 6.45) is -1.77. The largest absolute Gasteiger partial charge is 0.479 e. The number of anilines is 1. The van der Waals surface area contributed by atoms with Gasteiger partial charge in [-0.2, -0.15) is 0 Å². The fraction of sp³-hybridized carbons (Fsp3) is 0.200. The van der Waals surface area contributed by atoms with Crippen molar-refractivity contribution in [1.29, 1.82) is 0 Å². The third-order valence-corrected chi connectivity index (χ3v) is 1.94. The van der Waals surface area contributed by atoms with Crippen molar-refractivity contribution in [2.24, 2.45) is 0 Å². The molecule has 0 aromatic heterocycles. The average molecular weight is 260 g/mol. The minimum absolute atomic E-state index is 0.391. The molecule has 0 heterocycles. The van der Waals surface area contributed by atoms with Gasteiger partial charge in [-0.3, -0.25) is 0 Å². The Balaban J connectivity index is 2.55. The van der Waals surface area contributed by atoms with Crippen molar-refractivity contribution in [3.05, 3.63) is 29.8 Å². The van der Waals surface area contributed by atoms with Crippen molar-refractivity contribution in [2.45, 2.75) is 6.10 Å². The van der Waals surface area contributed by atoms with Crippen LogP contribution in [-0.2, 0) is 4.79 Å². The van der Waals surface area contributed by atoms with Crippen LogP contribution in [0.25, 0.3) is 0 Å². The molecule has 1 aromatic rings. The number of nitrogens with one attached hydrogen (secondary N) is 2. The van der Waals surface area contributed by atoms with Gasteiger partial charge in [0.05, 0.1) is 12.2 Å². The van der Waals surface area contributed by atoms with Gasteiger partial charge in [-0.1, -0.05) is 6.07 Å². The molecule has 4 N–H and O–H groups in total. The molecule has 0 saturated heterocycles. The van der Waals surface area contributed by atoms with Crippen molar-refractivity contribution in [2.75, 3.05) is 11.9 Å². The number of hydrogen-bond donors (Lipinski definition) is 4. The molecule has 1 atom stereocenters. The molecule has 0 fully saturated rings. The number of carboxylic acids is 1. The molecule has 0 aliphatic rings. The molecule has 6 nitrogen and oxygen atoms in total. The first-order chi connectivity index (χ1) is 8.41. The van der Waals surface area contributed by atoms with Crippen LogP contribution >= 0.6 is 0 Å². The molecule has 0 saturated carbocycles. The summed E-state index contributed by atoms with van der Waals surface area (Å²) in [5.41, 5.74) is -0.391. The lowest BCUT2D eigenvalue weighted by Crippen LogP contribution is -2.38. The van der Waals surface area contributed by atoms with Crippen molar-refractivity contribution in [3.8, 4) is 0 Å². The van der Waals surface area contributed by atoms with E-state index in [1.807, 2.05) is 10.6 Å². The van der Waals surface area contributed by atoms with Gasteiger partial charge in [-0.05, 0) is 12.1 Å². The zero-order valence-electron chi connectivity index (χ0n) is 8.98. The van der Waals surface area contributed by atoms with Crippen LogP contribution in [0.4, 0.5) is 19.3 Å². The Morgan fingerprint density at radius 3 is 2.61 bits per heavy atom. The Bertz CT molecular complexity index is 467. The van der Waals surface area contributed by atoms with E-state index in [-0.39, 0.29) is 0 Å². The van der Waals surface area contributed by atoms with Gasteiger partial charge in [-0.15, -0.1) is 0 Å². The van der Waals surface area contributed by atoms with E-state index in [1.165, 1.54) is 6.07 Å². The maximum absolute atomic E-state index is 13.1. The molecular weight excluding hydrogens is 250 g/mol. The first kappa shape index (κ1) is 13.8. The van der Waals surface area contributed by atoms with Crippen molar-refractivity contribution < 1.29 is 28.6 Å². The Hall–Kier alpha value is -2.22. The highest BCUT2D eigenvalue weighted by Crippen LogP contribution is 2.16. The number of aliphatic hydroxyl groups excluding tert-OH is 1. The maximum atomic E-state index is 13.1. The van der Waals surface area contributed by atoms with Crippen LogP contribution < -0.4 is 10.6 Å². The smallest absolute Gasteiger partial charge is 0.334 e. The number of amides is 2. The van der Waals surface area contributed by atoms with Gasteiger partial charge in [-0.25, -0.2) is 18.4 Å². The molecule has 0 aliphatic carbocycles. The van der Waals surface area contributed by atoms with E-state index in [2.05, 4.69) is 0 Å². The van der Waals surface area contributed by atoms with E-state index < -0.39 is 42.0 Å². The number of rotatable bonds is 4. The summed E-state index contributed by atoms with van der Waals surface area (Å²) in [7, 11) is 0. The normalized spacial score (nSPS) is 11.7. The van der Waals surface area contributed by atoms with Gasteiger partial charge in [0.15, 0.2) is 17.7 Å². The minimum atomic E-state index is -1.77. The topological polar surface area (TPSA) is 98.7 Å². The summed E-state index contributed by atoms with van der Waals surface area (Å²) >= 11 is 0. The van der Waals surface area contributed by atoms with E-state index >= 15 is 0 Å². The number of benzene rings is 1. The third-order valence-electron chi connectivity index (χ3n) is 1.94. The Morgan fingerprint density at radius 1 is 1.33 bits per heavy atom. The zero-order valence-corrected chi connectivity index (χ0v) is 8.98. The highest BCUT2D eigenvalue weighted by molar-refractivity contribution is 5.89. The van der Waals surface area contributed by atoms with Crippen LogP contribution in [0.5, 0.6) is 0 Å². The molecule has 0 aliphatic heterocycles. The Labute approximate surface area is 100 Å². The van der Waals surface area contributed by atoms with Gasteiger partial charge in [0.2, 0.25) is 0 Å². The summed E-state index contributed by atoms with van der Waals surface area (Å²) in [5, 5.41) is 21.2. The molecular formula is C10H10F2N2O4. The Morgan fingerprint density at radius 2 is 2.00 bits per heavy atom. The van der Waals surface area contributed by atoms with Crippen LogP contribution in [-0.4, -0.2) is 34.9 Å². The molecule has 0 radical (unpaired) electrons. The number of carbonyl (C=O) groups excluding carboxylic acids is 1. The van der Waals surface area contributed by atoms with E-state index in [4.69, 9.17) is 10.2 Å². The lowest BCUT2D eigenvalue weighted by atomic mass is 10.3. The monoisotopic (exact) mass is 260 g/mol. The van der Waals surface area contributed by atoms with Crippen LogP contribution in [0.3, 0.4) is 0 Å². The van der Waals surface area contributed by atoms with Gasteiger partial charge in [0.25, 0.3) is 0 Å². The lowest BCUT2D eigenvalue weighted by molar-refractivity contribution is -0.146. The molecule has 1 aromatic carbocycles. The van der Waals surface area contributed by atoms with Gasteiger partial charge < -0.3 is 20.8 Å². The van der Waals surface area contributed by atoms with Gasteiger partial charge in [0.1, 0.15) is 0 Å². The quantitative estimate of drug-likeness (QED) is 0.634. The number of halogens is 2. The summed E-state index contributed by atoms with van der Waals surface area (Å²) in [6.45, 7) is -0.557. The van der Waals surface area contributed by atoms with E-state index in [0.717, 1.165) is 12.1 Å². The Kier molecular flexibility index (Phi) is 4.55. The second kappa shape index (κ2) is 5.92. The average Bonchev–Trinajstić information content (AvgIpc) is 2.32. The fourth-order valence-corrected chi connectivity index (χ4v) is 1.04. The molecule has 0 bridgehead atoms. The zero-order chi connectivity index (χ0) is 13.7. The predicted octanol–water partition coefficient (Wildman–Crippen LogP) is 0.532. The second-order valence-electron chi connectivity index (χ2n) is 3.29. The molecule has 0 spiro atoms. The molecule has 18 heavy (non-hydrogen) atoms. The second-order valence-corrected chi connectivity index (χ2v) is 3.29. The number of hydrogen-bond acceptors (Lipinski definition) is 3. The van der Waals surface area contributed by atoms with Crippen molar-refractivity contribution >= 4 is 17.7 Å². The predicted molar refractivity (Wildman–Crippen MR) is 57.0 cm³/mol. The summed E-state index contributed by atoms with van der Waals surface area (Å²) < 4.78 is 25.9. The lowest BCUT2D eigenvalue weighted by Gasteiger charge is -2.10. The van der Waals surface area contributed by atoms with Gasteiger partial charge in [0, 0.05) is 0 Å². The van der Waals surface area contributed by atoms with Crippen LogP contribution in [0.15, 0.2) is 18.2 Å². The van der Waals surface area contributed by atoms with E-state index in [1.54, 1.807) is 0 Å². The summed E-state index contributed by atoms with van der Waals surface area (Å²) in [5.74, 6) is -3.86. The van der Waals surface area contributed by atoms with Crippen molar-refractivity contribution in [3.63, 3.8) is 0 Å². The number of aliphatic hydroxyl groups is 1. The number of carboxylic acid groups (broad SMARTS) is 1. The number of carbonyl (C=O) groups is 2. The summed E-state index contributed by atoms with van der Waals surface area (Å²) in [6, 6.07) is 2.25. The molecule has 1 rings (SSSR count).